The van der Waals surface area contributed by atoms with E-state index in [9.17, 15) is 0 Å². The van der Waals surface area contributed by atoms with Crippen molar-refractivity contribution in [3.63, 3.8) is 0 Å². The number of hydrogen-bond acceptors (Lipinski definition) is 2. The molecule has 1 N–H and O–H groups in total. The second-order valence-electron chi connectivity index (χ2n) is 5.83. The summed E-state index contributed by atoms with van der Waals surface area (Å²) in [6, 6.07) is 16.1. The number of benzene rings is 2. The van der Waals surface area contributed by atoms with E-state index in [2.05, 4.69) is 54.7 Å². The molecule has 2 heteroatoms. The van der Waals surface area contributed by atoms with E-state index < -0.39 is 0 Å². The molecule has 2 aromatic carbocycles. The Labute approximate surface area is 126 Å². The van der Waals surface area contributed by atoms with Crippen LogP contribution in [0.15, 0.2) is 47.4 Å². The smallest absolute Gasteiger partial charge is 0.0191 e. The summed E-state index contributed by atoms with van der Waals surface area (Å²) in [5.74, 6) is 0. The Bertz CT molecular complexity index is 560. The van der Waals surface area contributed by atoms with Crippen LogP contribution in [0.3, 0.4) is 0 Å². The van der Waals surface area contributed by atoms with Gasteiger partial charge in [-0.05, 0) is 35.7 Å². The maximum Gasteiger partial charge on any atom is 0.0191 e. The van der Waals surface area contributed by atoms with E-state index in [4.69, 9.17) is 0 Å². The molecule has 2 aromatic rings. The van der Waals surface area contributed by atoms with Crippen LogP contribution in [0, 0.1) is 0 Å². The Hall–Kier alpha value is -0.990. The van der Waals surface area contributed by atoms with E-state index in [0.717, 1.165) is 12.6 Å². The van der Waals surface area contributed by atoms with Crippen molar-refractivity contribution < 1.29 is 0 Å². The maximum atomic E-state index is 3.72. The summed E-state index contributed by atoms with van der Waals surface area (Å²) < 4.78 is 0. The lowest BCUT2D eigenvalue weighted by atomic mass is 10.1. The van der Waals surface area contributed by atoms with Gasteiger partial charge in [-0.25, -0.2) is 0 Å². The molecule has 1 fully saturated rings. The van der Waals surface area contributed by atoms with E-state index in [-0.39, 0.29) is 0 Å². The summed E-state index contributed by atoms with van der Waals surface area (Å²) in [6.07, 6.45) is 5.55. The molecule has 0 aliphatic heterocycles. The molecule has 20 heavy (non-hydrogen) atoms. The molecule has 106 valence electrons. The quantitative estimate of drug-likeness (QED) is 0.788. The van der Waals surface area contributed by atoms with Crippen LogP contribution in [0.5, 0.6) is 0 Å². The molecule has 0 saturated heterocycles. The Morgan fingerprint density at radius 1 is 1.10 bits per heavy atom. The van der Waals surface area contributed by atoms with Gasteiger partial charge >= 0.3 is 0 Å². The Morgan fingerprint density at radius 2 is 1.85 bits per heavy atom. The van der Waals surface area contributed by atoms with E-state index in [1.807, 2.05) is 11.8 Å². The van der Waals surface area contributed by atoms with Crippen LogP contribution < -0.4 is 5.32 Å². The minimum atomic E-state index is 0.622. The van der Waals surface area contributed by atoms with Gasteiger partial charge in [0, 0.05) is 22.7 Å². The highest BCUT2D eigenvalue weighted by molar-refractivity contribution is 8.00. The fraction of sp³-hybridized carbons (Fsp3) is 0.444. The predicted octanol–water partition coefficient (Wildman–Crippen LogP) is 4.85. The van der Waals surface area contributed by atoms with Gasteiger partial charge in [-0.2, -0.15) is 0 Å². The van der Waals surface area contributed by atoms with Crippen LogP contribution in [0.1, 0.15) is 32.6 Å². The molecule has 3 rings (SSSR count). The Kier molecular flexibility index (Phi) is 4.64. The fourth-order valence-corrected chi connectivity index (χ4v) is 3.96. The van der Waals surface area contributed by atoms with Crippen LogP contribution >= 0.6 is 11.8 Å². The average molecular weight is 285 g/mol. The zero-order valence-corrected chi connectivity index (χ0v) is 13.0. The second kappa shape index (κ2) is 6.64. The van der Waals surface area contributed by atoms with Crippen molar-refractivity contribution in [3.05, 3.63) is 42.5 Å². The summed E-state index contributed by atoms with van der Waals surface area (Å²) in [6.45, 7) is 3.43. The molecular weight excluding hydrogens is 262 g/mol. The Morgan fingerprint density at radius 3 is 2.65 bits per heavy atom. The van der Waals surface area contributed by atoms with Crippen molar-refractivity contribution in [2.24, 2.45) is 0 Å². The van der Waals surface area contributed by atoms with Gasteiger partial charge in [0.25, 0.3) is 0 Å². The zero-order valence-electron chi connectivity index (χ0n) is 12.1. The van der Waals surface area contributed by atoms with E-state index >= 15 is 0 Å². The lowest BCUT2D eigenvalue weighted by Gasteiger charge is -2.16. The minimum Gasteiger partial charge on any atom is -0.313 e. The molecule has 1 aliphatic carbocycles. The van der Waals surface area contributed by atoms with E-state index in [1.54, 1.807) is 0 Å². The number of nitrogens with one attached hydrogen (secondary N) is 1. The molecule has 0 aromatic heterocycles. The highest BCUT2D eigenvalue weighted by Crippen LogP contribution is 2.27. The lowest BCUT2D eigenvalue weighted by Crippen LogP contribution is -2.31. The standard InChI is InChI=1S/C18H23NS/c1-14(13-19-17-8-4-5-9-17)20-18-11-10-15-6-2-3-7-16(15)12-18/h2-3,6-7,10-12,14,17,19H,4-5,8-9,13H2,1H3. The van der Waals surface area contributed by atoms with Gasteiger partial charge < -0.3 is 5.32 Å². The molecular formula is C18H23NS. The first kappa shape index (κ1) is 14.0. The molecule has 0 radical (unpaired) electrons. The first-order chi connectivity index (χ1) is 9.81. The monoisotopic (exact) mass is 285 g/mol. The molecule has 1 aliphatic rings. The molecule has 0 bridgehead atoms. The van der Waals surface area contributed by atoms with Crippen LogP contribution in [0.25, 0.3) is 10.8 Å². The molecule has 1 saturated carbocycles. The largest absolute Gasteiger partial charge is 0.313 e. The number of fused-ring (bicyclic) bond motifs is 1. The minimum absolute atomic E-state index is 0.622. The average Bonchev–Trinajstić information content (AvgIpc) is 2.98. The fourth-order valence-electron chi connectivity index (χ4n) is 2.98. The van der Waals surface area contributed by atoms with E-state index in [0.29, 0.717) is 5.25 Å². The third-order valence-electron chi connectivity index (χ3n) is 4.11. The van der Waals surface area contributed by atoms with Crippen LogP contribution in [-0.4, -0.2) is 17.8 Å². The number of hydrogen-bond donors (Lipinski definition) is 1. The summed E-state index contributed by atoms with van der Waals surface area (Å²) in [4.78, 5) is 1.38. The highest BCUT2D eigenvalue weighted by atomic mass is 32.2. The van der Waals surface area contributed by atoms with Crippen molar-refractivity contribution in [2.45, 2.75) is 48.8 Å². The van der Waals surface area contributed by atoms with Crippen molar-refractivity contribution in [3.8, 4) is 0 Å². The van der Waals surface area contributed by atoms with Crippen molar-refractivity contribution >= 4 is 22.5 Å². The maximum absolute atomic E-state index is 3.72. The van der Waals surface area contributed by atoms with Gasteiger partial charge in [-0.15, -0.1) is 11.8 Å². The van der Waals surface area contributed by atoms with E-state index in [1.165, 1.54) is 41.4 Å². The first-order valence-electron chi connectivity index (χ1n) is 7.70. The zero-order chi connectivity index (χ0) is 13.8. The third kappa shape index (κ3) is 3.56. The molecule has 1 nitrogen and oxygen atoms in total. The van der Waals surface area contributed by atoms with Crippen LogP contribution in [0.4, 0.5) is 0 Å². The van der Waals surface area contributed by atoms with Crippen molar-refractivity contribution in [1.82, 2.24) is 5.32 Å². The molecule has 0 amide bonds. The Balaban J connectivity index is 1.57. The number of thioether (sulfide) groups is 1. The third-order valence-corrected chi connectivity index (χ3v) is 5.20. The second-order valence-corrected chi connectivity index (χ2v) is 7.34. The van der Waals surface area contributed by atoms with Crippen LogP contribution in [-0.2, 0) is 0 Å². The molecule has 0 heterocycles. The van der Waals surface area contributed by atoms with Gasteiger partial charge in [0.2, 0.25) is 0 Å². The van der Waals surface area contributed by atoms with Crippen molar-refractivity contribution in [1.29, 1.82) is 0 Å². The normalized spacial score (nSPS) is 17.6. The lowest BCUT2D eigenvalue weighted by molar-refractivity contribution is 0.527. The number of rotatable bonds is 5. The topological polar surface area (TPSA) is 12.0 Å². The summed E-state index contributed by atoms with van der Waals surface area (Å²) >= 11 is 1.98. The summed E-state index contributed by atoms with van der Waals surface area (Å²) in [7, 11) is 0. The van der Waals surface area contributed by atoms with Crippen LogP contribution in [0.2, 0.25) is 0 Å². The van der Waals surface area contributed by atoms with Gasteiger partial charge in [0.15, 0.2) is 0 Å². The molecule has 1 atom stereocenters. The first-order valence-corrected chi connectivity index (χ1v) is 8.58. The van der Waals surface area contributed by atoms with Gasteiger partial charge in [0.1, 0.15) is 0 Å². The summed E-state index contributed by atoms with van der Waals surface area (Å²) in [5, 5.41) is 7.01. The molecule has 1 unspecified atom stereocenters. The van der Waals surface area contributed by atoms with Gasteiger partial charge in [0.05, 0.1) is 0 Å². The summed E-state index contributed by atoms with van der Waals surface area (Å²) in [5.41, 5.74) is 0. The van der Waals surface area contributed by atoms with Crippen molar-refractivity contribution in [2.75, 3.05) is 6.54 Å². The van der Waals surface area contributed by atoms with Gasteiger partial charge in [-0.3, -0.25) is 0 Å². The SMILES string of the molecule is CC(CNC1CCCC1)Sc1ccc2ccccc2c1. The molecule has 0 spiro atoms. The highest BCUT2D eigenvalue weighted by Gasteiger charge is 2.15. The van der Waals surface area contributed by atoms with Gasteiger partial charge in [-0.1, -0.05) is 50.1 Å². The predicted molar refractivity (Wildman–Crippen MR) is 89.5 cm³/mol.